The zero-order valence-corrected chi connectivity index (χ0v) is 8.72. The summed E-state index contributed by atoms with van der Waals surface area (Å²) in [6.45, 7) is 9.21. The second-order valence-corrected chi connectivity index (χ2v) is 3.52. The molecule has 1 atom stereocenters. The van der Waals surface area contributed by atoms with Gasteiger partial charge in [0.15, 0.2) is 0 Å². The first-order valence-corrected chi connectivity index (χ1v) is 4.61. The summed E-state index contributed by atoms with van der Waals surface area (Å²) in [6, 6.07) is 0. The number of aliphatic hydroxyl groups is 1. The largest absolute Gasteiger partial charge is 0.400 e. The fourth-order valence-corrected chi connectivity index (χ4v) is 1.42. The van der Waals surface area contributed by atoms with E-state index in [9.17, 15) is 0 Å². The van der Waals surface area contributed by atoms with Crippen LogP contribution >= 0.6 is 0 Å². The summed E-state index contributed by atoms with van der Waals surface area (Å²) in [6.07, 6.45) is 4.14. The molecular formula is C10H24O. The van der Waals surface area contributed by atoms with E-state index in [0.717, 1.165) is 18.9 Å². The van der Waals surface area contributed by atoms with Crippen LogP contribution in [-0.2, 0) is 0 Å². The van der Waals surface area contributed by atoms with Crippen molar-refractivity contribution < 1.29 is 5.11 Å². The Bertz CT molecular complexity index is 59.9. The minimum absolute atomic E-state index is 0.881. The maximum absolute atomic E-state index is 7.00. The number of hydrogen-bond donors (Lipinski definition) is 1. The van der Waals surface area contributed by atoms with Gasteiger partial charge in [0, 0.05) is 7.11 Å². The molecule has 0 aliphatic heterocycles. The lowest BCUT2D eigenvalue weighted by Crippen LogP contribution is -1.98. The highest BCUT2D eigenvalue weighted by molar-refractivity contribution is 4.54. The zero-order valence-electron chi connectivity index (χ0n) is 8.72. The second-order valence-electron chi connectivity index (χ2n) is 3.52. The topological polar surface area (TPSA) is 20.2 Å². The van der Waals surface area contributed by atoms with Crippen LogP contribution in [0.4, 0.5) is 0 Å². The van der Waals surface area contributed by atoms with E-state index >= 15 is 0 Å². The average Bonchev–Trinajstić information content (AvgIpc) is 1.91. The molecule has 0 spiro atoms. The number of hydrogen-bond acceptors (Lipinski definition) is 1. The van der Waals surface area contributed by atoms with Crippen molar-refractivity contribution >= 4 is 0 Å². The lowest BCUT2D eigenvalue weighted by Gasteiger charge is -2.11. The van der Waals surface area contributed by atoms with Gasteiger partial charge in [0.05, 0.1) is 0 Å². The molecule has 0 fully saturated rings. The third kappa shape index (κ3) is 13.0. The van der Waals surface area contributed by atoms with Crippen LogP contribution in [0, 0.1) is 11.8 Å². The Balaban J connectivity index is 0. The standard InChI is InChI=1S/C9H20.CH4O/c1-5-6-9(4)7-8(2)3;1-2/h8-9H,5-7H2,1-4H3;2H,1H3/t9-;/m0./s1. The molecule has 0 saturated carbocycles. The third-order valence-corrected chi connectivity index (χ3v) is 1.66. The summed E-state index contributed by atoms with van der Waals surface area (Å²) in [5.41, 5.74) is 0. The van der Waals surface area contributed by atoms with E-state index in [1.807, 2.05) is 0 Å². The molecule has 0 amide bonds. The van der Waals surface area contributed by atoms with Gasteiger partial charge in [0.2, 0.25) is 0 Å². The lowest BCUT2D eigenvalue weighted by atomic mass is 9.95. The summed E-state index contributed by atoms with van der Waals surface area (Å²) >= 11 is 0. The molecule has 1 N–H and O–H groups in total. The summed E-state index contributed by atoms with van der Waals surface area (Å²) in [5.74, 6) is 1.82. The van der Waals surface area contributed by atoms with Crippen molar-refractivity contribution in [3.8, 4) is 0 Å². The van der Waals surface area contributed by atoms with Gasteiger partial charge in [-0.1, -0.05) is 40.5 Å². The molecule has 11 heavy (non-hydrogen) atoms. The first-order chi connectivity index (χ1) is 5.16. The molecule has 0 heterocycles. The van der Waals surface area contributed by atoms with E-state index in [4.69, 9.17) is 5.11 Å². The van der Waals surface area contributed by atoms with Crippen LogP contribution in [0.15, 0.2) is 0 Å². The van der Waals surface area contributed by atoms with Gasteiger partial charge in [0.25, 0.3) is 0 Å². The molecule has 0 unspecified atom stereocenters. The van der Waals surface area contributed by atoms with E-state index < -0.39 is 0 Å². The van der Waals surface area contributed by atoms with E-state index in [0.29, 0.717) is 0 Å². The average molecular weight is 160 g/mol. The molecule has 1 heteroatoms. The van der Waals surface area contributed by atoms with Gasteiger partial charge in [-0.2, -0.15) is 0 Å². The van der Waals surface area contributed by atoms with Gasteiger partial charge in [-0.25, -0.2) is 0 Å². The fourth-order valence-electron chi connectivity index (χ4n) is 1.42. The minimum Gasteiger partial charge on any atom is -0.400 e. The Kier molecular flexibility index (Phi) is 12.3. The predicted molar refractivity (Wildman–Crippen MR) is 51.7 cm³/mol. The molecule has 0 aromatic carbocycles. The summed E-state index contributed by atoms with van der Waals surface area (Å²) in [7, 11) is 1.00. The molecule has 0 saturated heterocycles. The van der Waals surface area contributed by atoms with Gasteiger partial charge in [0.1, 0.15) is 0 Å². The summed E-state index contributed by atoms with van der Waals surface area (Å²) in [4.78, 5) is 0. The maximum atomic E-state index is 7.00. The SMILES string of the molecule is CCC[C@H](C)CC(C)C.CO. The lowest BCUT2D eigenvalue weighted by molar-refractivity contribution is 0.399. The van der Waals surface area contributed by atoms with Gasteiger partial charge >= 0.3 is 0 Å². The van der Waals surface area contributed by atoms with Crippen LogP contribution in [0.5, 0.6) is 0 Å². The van der Waals surface area contributed by atoms with Crippen LogP contribution in [-0.4, -0.2) is 12.2 Å². The minimum atomic E-state index is 0.881. The number of rotatable bonds is 4. The van der Waals surface area contributed by atoms with E-state index in [2.05, 4.69) is 27.7 Å². The van der Waals surface area contributed by atoms with Crippen LogP contribution < -0.4 is 0 Å². The van der Waals surface area contributed by atoms with Crippen molar-refractivity contribution in [2.45, 2.75) is 47.0 Å². The van der Waals surface area contributed by atoms with Crippen LogP contribution in [0.2, 0.25) is 0 Å². The van der Waals surface area contributed by atoms with E-state index in [-0.39, 0.29) is 0 Å². The molecule has 0 rings (SSSR count). The van der Waals surface area contributed by atoms with Gasteiger partial charge in [-0.05, 0) is 18.3 Å². The van der Waals surface area contributed by atoms with Crippen molar-refractivity contribution in [2.24, 2.45) is 11.8 Å². The molecule has 0 aliphatic carbocycles. The molecule has 0 aromatic rings. The van der Waals surface area contributed by atoms with E-state index in [1.54, 1.807) is 0 Å². The second kappa shape index (κ2) is 9.96. The Morgan fingerprint density at radius 2 is 1.55 bits per heavy atom. The van der Waals surface area contributed by atoms with Gasteiger partial charge in [-0.3, -0.25) is 0 Å². The quantitative estimate of drug-likeness (QED) is 0.670. The highest BCUT2D eigenvalue weighted by Crippen LogP contribution is 2.15. The van der Waals surface area contributed by atoms with E-state index in [1.165, 1.54) is 19.3 Å². The predicted octanol–water partition coefficient (Wildman–Crippen LogP) is 3.08. The van der Waals surface area contributed by atoms with Crippen molar-refractivity contribution in [1.82, 2.24) is 0 Å². The van der Waals surface area contributed by atoms with Crippen molar-refractivity contribution in [3.63, 3.8) is 0 Å². The summed E-state index contributed by atoms with van der Waals surface area (Å²) < 4.78 is 0. The number of aliphatic hydroxyl groups excluding tert-OH is 1. The molecule has 0 aromatic heterocycles. The molecule has 70 valence electrons. The highest BCUT2D eigenvalue weighted by atomic mass is 16.2. The van der Waals surface area contributed by atoms with Gasteiger partial charge < -0.3 is 5.11 Å². The highest BCUT2D eigenvalue weighted by Gasteiger charge is 2.02. The molecular weight excluding hydrogens is 136 g/mol. The van der Waals surface area contributed by atoms with Crippen molar-refractivity contribution in [3.05, 3.63) is 0 Å². The van der Waals surface area contributed by atoms with Crippen LogP contribution in [0.1, 0.15) is 47.0 Å². The fraction of sp³-hybridized carbons (Fsp3) is 1.00. The Hall–Kier alpha value is -0.0400. The smallest absolute Gasteiger partial charge is 0.0319 e. The molecule has 0 radical (unpaired) electrons. The maximum Gasteiger partial charge on any atom is 0.0319 e. The zero-order chi connectivity index (χ0) is 9.28. The summed E-state index contributed by atoms with van der Waals surface area (Å²) in [5, 5.41) is 7.00. The monoisotopic (exact) mass is 160 g/mol. The van der Waals surface area contributed by atoms with Gasteiger partial charge in [-0.15, -0.1) is 0 Å². The Morgan fingerprint density at radius 3 is 1.82 bits per heavy atom. The Labute approximate surface area is 71.8 Å². The molecule has 0 bridgehead atoms. The van der Waals surface area contributed by atoms with Crippen LogP contribution in [0.25, 0.3) is 0 Å². The first-order valence-electron chi connectivity index (χ1n) is 4.61. The molecule has 1 nitrogen and oxygen atoms in total. The third-order valence-electron chi connectivity index (χ3n) is 1.66. The normalized spacial score (nSPS) is 12.3. The molecule has 0 aliphatic rings. The first kappa shape index (κ1) is 13.5. The van der Waals surface area contributed by atoms with Crippen molar-refractivity contribution in [2.75, 3.05) is 7.11 Å². The van der Waals surface area contributed by atoms with Crippen LogP contribution in [0.3, 0.4) is 0 Å². The van der Waals surface area contributed by atoms with Crippen molar-refractivity contribution in [1.29, 1.82) is 0 Å². The Morgan fingerprint density at radius 1 is 1.09 bits per heavy atom.